The monoisotopic (exact) mass is 555 g/mol. The van der Waals surface area contributed by atoms with Gasteiger partial charge in [-0.25, -0.2) is 13.2 Å². The molecule has 38 heavy (non-hydrogen) atoms. The van der Waals surface area contributed by atoms with Gasteiger partial charge in [-0.1, -0.05) is 25.4 Å². The standard InChI is InChI=1S/C26H29ClF3N3O5/c1-13(2)22(25(35)36)31-20-11-33(24-17(29)9-14(27)10-18(24)30)8-7-26(20,37)12-38-19-5-4-16(28)23-15(19)3-6-21(34)32-23/h4-5,9-10,13,20,22,31,37H,3,6-8,11-12H2,1-2H3,(H,32,34)(H,35,36)/t20-,22+,26+/m1/s1. The average molecular weight is 556 g/mol. The van der Waals surface area contributed by atoms with E-state index >= 15 is 0 Å². The number of amides is 1. The van der Waals surface area contributed by atoms with Crippen LogP contribution in [0.5, 0.6) is 5.75 Å². The fourth-order valence-electron chi connectivity index (χ4n) is 4.93. The molecule has 2 aromatic carbocycles. The van der Waals surface area contributed by atoms with Crippen molar-refractivity contribution in [3.05, 3.63) is 52.3 Å². The van der Waals surface area contributed by atoms with E-state index in [2.05, 4.69) is 10.6 Å². The van der Waals surface area contributed by atoms with Gasteiger partial charge in [0.15, 0.2) is 11.6 Å². The zero-order valence-corrected chi connectivity index (χ0v) is 21.6. The molecule has 0 radical (unpaired) electrons. The minimum atomic E-state index is -1.66. The molecule has 206 valence electrons. The first-order valence-corrected chi connectivity index (χ1v) is 12.6. The van der Waals surface area contributed by atoms with Crippen LogP contribution in [0.4, 0.5) is 24.5 Å². The first-order valence-electron chi connectivity index (χ1n) is 12.2. The van der Waals surface area contributed by atoms with E-state index in [0.29, 0.717) is 5.56 Å². The van der Waals surface area contributed by atoms with Crippen molar-refractivity contribution in [2.24, 2.45) is 5.92 Å². The first kappa shape index (κ1) is 28.0. The maximum absolute atomic E-state index is 14.7. The number of nitrogens with zero attached hydrogens (tertiary/aromatic N) is 1. The lowest BCUT2D eigenvalue weighted by Crippen LogP contribution is -2.67. The van der Waals surface area contributed by atoms with Crippen LogP contribution in [0, 0.1) is 23.4 Å². The number of hydrogen-bond donors (Lipinski definition) is 4. The molecule has 1 amide bonds. The smallest absolute Gasteiger partial charge is 0.320 e. The van der Waals surface area contributed by atoms with E-state index in [-0.39, 0.29) is 72.9 Å². The Morgan fingerprint density at radius 3 is 2.55 bits per heavy atom. The summed E-state index contributed by atoms with van der Waals surface area (Å²) in [5.41, 5.74) is -1.51. The lowest BCUT2D eigenvalue weighted by Gasteiger charge is -2.46. The maximum Gasteiger partial charge on any atom is 0.320 e. The second kappa shape index (κ2) is 11.0. The van der Waals surface area contributed by atoms with E-state index in [9.17, 15) is 33.0 Å². The molecule has 12 heteroatoms. The van der Waals surface area contributed by atoms with Crippen LogP contribution in [0.3, 0.4) is 0 Å². The number of carboxylic acid groups (broad SMARTS) is 1. The number of anilines is 2. The number of halogens is 4. The number of carboxylic acids is 1. The van der Waals surface area contributed by atoms with Gasteiger partial charge in [0.1, 0.15) is 35.5 Å². The number of ether oxygens (including phenoxy) is 1. The molecule has 0 aliphatic carbocycles. The van der Waals surface area contributed by atoms with Crippen molar-refractivity contribution in [2.75, 3.05) is 29.9 Å². The Kier molecular flexibility index (Phi) is 8.10. The Morgan fingerprint density at radius 1 is 1.24 bits per heavy atom. The van der Waals surface area contributed by atoms with Crippen molar-refractivity contribution in [1.29, 1.82) is 0 Å². The number of benzene rings is 2. The van der Waals surface area contributed by atoms with Gasteiger partial charge in [-0.2, -0.15) is 0 Å². The SMILES string of the molecule is CC(C)[C@H](N[C@@H]1CN(c2c(F)cc(Cl)cc2F)CC[C@]1(O)COc1ccc(F)c2c1CCC(=O)N2)C(=O)O. The summed E-state index contributed by atoms with van der Waals surface area (Å²) in [5, 5.41) is 26.8. The van der Waals surface area contributed by atoms with Crippen LogP contribution in [0.2, 0.25) is 5.02 Å². The number of rotatable bonds is 8. The quantitative estimate of drug-likeness (QED) is 0.393. The van der Waals surface area contributed by atoms with Crippen LogP contribution in [0.1, 0.15) is 32.3 Å². The van der Waals surface area contributed by atoms with Gasteiger partial charge in [-0.3, -0.25) is 14.9 Å². The van der Waals surface area contributed by atoms with Crippen LogP contribution in [-0.4, -0.2) is 59.5 Å². The lowest BCUT2D eigenvalue weighted by atomic mass is 9.85. The second-order valence-electron chi connectivity index (χ2n) is 10.0. The molecule has 0 spiro atoms. The molecule has 0 saturated carbocycles. The van der Waals surface area contributed by atoms with E-state index in [4.69, 9.17) is 16.3 Å². The van der Waals surface area contributed by atoms with E-state index in [1.165, 1.54) is 11.0 Å². The van der Waals surface area contributed by atoms with Gasteiger partial charge in [0.05, 0.1) is 11.7 Å². The minimum Gasteiger partial charge on any atom is -0.490 e. The normalized spacial score (nSPS) is 22.2. The van der Waals surface area contributed by atoms with Crippen LogP contribution >= 0.6 is 11.6 Å². The Hall–Kier alpha value is -3.02. The fourth-order valence-corrected chi connectivity index (χ4v) is 5.12. The largest absolute Gasteiger partial charge is 0.490 e. The topological polar surface area (TPSA) is 111 Å². The van der Waals surface area contributed by atoms with Gasteiger partial charge in [0.2, 0.25) is 5.91 Å². The Morgan fingerprint density at radius 2 is 1.92 bits per heavy atom. The van der Waals surface area contributed by atoms with Crippen molar-refractivity contribution >= 4 is 34.9 Å². The molecule has 8 nitrogen and oxygen atoms in total. The van der Waals surface area contributed by atoms with E-state index < -0.39 is 41.1 Å². The Balaban J connectivity index is 1.62. The van der Waals surface area contributed by atoms with Crippen LogP contribution in [0.25, 0.3) is 0 Å². The lowest BCUT2D eigenvalue weighted by molar-refractivity contribution is -0.142. The molecule has 2 heterocycles. The van der Waals surface area contributed by atoms with Gasteiger partial charge >= 0.3 is 5.97 Å². The van der Waals surface area contributed by atoms with E-state index in [1.54, 1.807) is 13.8 Å². The van der Waals surface area contributed by atoms with Gasteiger partial charge < -0.3 is 25.2 Å². The van der Waals surface area contributed by atoms with Crippen molar-refractivity contribution in [2.45, 2.75) is 50.8 Å². The summed E-state index contributed by atoms with van der Waals surface area (Å²) in [6.07, 6.45) is 0.353. The zero-order chi connectivity index (χ0) is 27.8. The number of hydrogen-bond acceptors (Lipinski definition) is 6. The number of carbonyl (C=O) groups excluding carboxylic acids is 1. The predicted molar refractivity (Wildman–Crippen MR) is 135 cm³/mol. The minimum absolute atomic E-state index is 0.0228. The van der Waals surface area contributed by atoms with Crippen molar-refractivity contribution in [3.8, 4) is 5.75 Å². The number of carbonyl (C=O) groups is 2. The van der Waals surface area contributed by atoms with Gasteiger partial charge in [0.25, 0.3) is 0 Å². The third-order valence-electron chi connectivity index (χ3n) is 7.04. The van der Waals surface area contributed by atoms with Gasteiger partial charge in [0, 0.05) is 30.1 Å². The summed E-state index contributed by atoms with van der Waals surface area (Å²) in [4.78, 5) is 25.1. The van der Waals surface area contributed by atoms with Crippen molar-refractivity contribution in [3.63, 3.8) is 0 Å². The summed E-state index contributed by atoms with van der Waals surface area (Å²) in [7, 11) is 0. The van der Waals surface area contributed by atoms with Crippen LogP contribution < -0.4 is 20.3 Å². The number of fused-ring (bicyclic) bond motifs is 1. The molecule has 2 aliphatic rings. The summed E-state index contributed by atoms with van der Waals surface area (Å²) in [6.45, 7) is 2.97. The summed E-state index contributed by atoms with van der Waals surface area (Å²) in [6, 6.07) is 2.46. The van der Waals surface area contributed by atoms with E-state index in [0.717, 1.165) is 18.2 Å². The summed E-state index contributed by atoms with van der Waals surface area (Å²) < 4.78 is 49.6. The molecule has 1 fully saturated rings. The Bertz CT molecular complexity index is 1220. The third kappa shape index (κ3) is 5.69. The highest BCUT2D eigenvalue weighted by Gasteiger charge is 2.45. The second-order valence-corrected chi connectivity index (χ2v) is 10.5. The van der Waals surface area contributed by atoms with Crippen LogP contribution in [0.15, 0.2) is 24.3 Å². The number of piperidine rings is 1. The van der Waals surface area contributed by atoms with Gasteiger partial charge in [-0.15, -0.1) is 0 Å². The molecule has 4 rings (SSSR count). The highest BCUT2D eigenvalue weighted by Crippen LogP contribution is 2.36. The predicted octanol–water partition coefficient (Wildman–Crippen LogP) is 3.73. The molecule has 0 aromatic heterocycles. The number of aliphatic carboxylic acids is 1. The molecule has 2 aromatic rings. The molecule has 2 aliphatic heterocycles. The highest BCUT2D eigenvalue weighted by molar-refractivity contribution is 6.30. The van der Waals surface area contributed by atoms with E-state index in [1.807, 2.05) is 0 Å². The molecule has 0 bridgehead atoms. The maximum atomic E-state index is 14.7. The first-order chi connectivity index (χ1) is 17.9. The number of nitrogens with one attached hydrogen (secondary N) is 2. The molecule has 4 N–H and O–H groups in total. The zero-order valence-electron chi connectivity index (χ0n) is 20.9. The molecule has 1 saturated heterocycles. The molecule has 3 atom stereocenters. The fraction of sp³-hybridized carbons (Fsp3) is 0.462. The van der Waals surface area contributed by atoms with Crippen molar-refractivity contribution in [1.82, 2.24) is 5.32 Å². The summed E-state index contributed by atoms with van der Waals surface area (Å²) >= 11 is 5.76. The number of aliphatic hydroxyl groups is 1. The molecular weight excluding hydrogens is 527 g/mol. The average Bonchev–Trinajstić information content (AvgIpc) is 2.83. The van der Waals surface area contributed by atoms with Gasteiger partial charge in [-0.05, 0) is 43.0 Å². The van der Waals surface area contributed by atoms with Crippen molar-refractivity contribution < 1.29 is 37.7 Å². The van der Waals surface area contributed by atoms with Crippen LogP contribution in [-0.2, 0) is 16.0 Å². The Labute approximate surface area is 222 Å². The molecule has 0 unspecified atom stereocenters. The summed E-state index contributed by atoms with van der Waals surface area (Å²) in [5.74, 6) is -3.94. The highest BCUT2D eigenvalue weighted by atomic mass is 35.5. The third-order valence-corrected chi connectivity index (χ3v) is 7.26. The molecular formula is C26H29ClF3N3O5.